The molecule has 9 heteroatoms. The summed E-state index contributed by atoms with van der Waals surface area (Å²) in [6.45, 7) is 4.28. The van der Waals surface area contributed by atoms with E-state index in [1.54, 1.807) is 19.1 Å². The summed E-state index contributed by atoms with van der Waals surface area (Å²) >= 11 is 0. The molecule has 0 amide bonds. The molecule has 198 valence electrons. The second-order valence-corrected chi connectivity index (χ2v) is 10.6. The van der Waals surface area contributed by atoms with Crippen LogP contribution in [0.1, 0.15) is 29.3 Å². The van der Waals surface area contributed by atoms with Crippen molar-refractivity contribution in [2.24, 2.45) is 0 Å². The lowest BCUT2D eigenvalue weighted by Gasteiger charge is -2.16. The predicted octanol–water partition coefficient (Wildman–Crippen LogP) is 4.25. The van der Waals surface area contributed by atoms with E-state index >= 15 is 0 Å². The highest BCUT2D eigenvalue weighted by molar-refractivity contribution is 7.89. The van der Waals surface area contributed by atoms with Crippen LogP contribution in [0.5, 0.6) is 5.75 Å². The minimum Gasteiger partial charge on any atom is -0.481 e. The lowest BCUT2D eigenvalue weighted by atomic mass is 10.0. The van der Waals surface area contributed by atoms with Crippen molar-refractivity contribution >= 4 is 26.9 Å². The van der Waals surface area contributed by atoms with Crippen molar-refractivity contribution in [3.05, 3.63) is 95.2 Å². The number of carbonyl (C=O) groups is 1. The van der Waals surface area contributed by atoms with Gasteiger partial charge in [-0.1, -0.05) is 36.3 Å². The normalized spacial score (nSPS) is 11.8. The number of sulfonamides is 1. The monoisotopic (exact) mass is 541 g/mol. The molecule has 8 nitrogen and oxygen atoms in total. The van der Waals surface area contributed by atoms with E-state index in [0.29, 0.717) is 17.9 Å². The average molecular weight is 542 g/mol. The van der Waals surface area contributed by atoms with Gasteiger partial charge in [-0.3, -0.25) is 4.79 Å². The van der Waals surface area contributed by atoms with Crippen LogP contribution in [-0.2, 0) is 27.8 Å². The molecule has 0 spiro atoms. The van der Waals surface area contributed by atoms with Crippen LogP contribution in [0.15, 0.2) is 77.7 Å². The highest BCUT2D eigenvalue weighted by Crippen LogP contribution is 2.28. The van der Waals surface area contributed by atoms with E-state index in [2.05, 4.69) is 27.2 Å². The minimum absolute atomic E-state index is 0.0435. The maximum absolute atomic E-state index is 13.1. The van der Waals surface area contributed by atoms with E-state index in [9.17, 15) is 18.3 Å². The van der Waals surface area contributed by atoms with Crippen LogP contribution < -0.4 is 9.46 Å². The van der Waals surface area contributed by atoms with Gasteiger partial charge in [0.15, 0.2) is 0 Å². The fourth-order valence-electron chi connectivity index (χ4n) is 4.38. The standard InChI is InChI=1S/C30H27N3O5S/c1-3-4-17-38-24-13-15-25(16-14-24)39(36,37)32-28(30(34)35)18-27-21(2)33(29-8-6-5-7-26(27)29)20-23-11-9-22(19-31)10-12-23/h5-16,28,32H,17-18,20H2,1-2H3,(H,34,35)/t28-/m0/s1. The Morgan fingerprint density at radius 1 is 1.08 bits per heavy atom. The van der Waals surface area contributed by atoms with Gasteiger partial charge in [0.05, 0.1) is 16.5 Å². The number of rotatable bonds is 10. The molecule has 0 radical (unpaired) electrons. The number of aliphatic carboxylic acids is 1. The lowest BCUT2D eigenvalue weighted by molar-refractivity contribution is -0.138. The molecule has 1 aromatic heterocycles. The van der Waals surface area contributed by atoms with Gasteiger partial charge in [0, 0.05) is 29.6 Å². The summed E-state index contributed by atoms with van der Waals surface area (Å²) in [5.74, 6) is 4.65. The van der Waals surface area contributed by atoms with Crippen molar-refractivity contribution in [2.45, 2.75) is 37.8 Å². The largest absolute Gasteiger partial charge is 0.481 e. The topological polar surface area (TPSA) is 121 Å². The molecular formula is C30H27N3O5S. The molecule has 39 heavy (non-hydrogen) atoms. The number of ether oxygens (including phenoxy) is 1. The molecule has 0 aliphatic heterocycles. The highest BCUT2D eigenvalue weighted by atomic mass is 32.2. The average Bonchev–Trinajstić information content (AvgIpc) is 3.19. The number of carboxylic acids is 1. The number of hydrogen-bond donors (Lipinski definition) is 2. The number of fused-ring (bicyclic) bond motifs is 1. The SMILES string of the molecule is CC#CCOc1ccc(S(=O)(=O)N[C@@H](Cc2c(C)n(Cc3ccc(C#N)cc3)c3ccccc23)C(=O)O)cc1. The van der Waals surface area contributed by atoms with Crippen molar-refractivity contribution in [3.63, 3.8) is 0 Å². The number of carboxylic acid groups (broad SMARTS) is 1. The van der Waals surface area contributed by atoms with E-state index in [1.807, 2.05) is 43.3 Å². The summed E-state index contributed by atoms with van der Waals surface area (Å²) in [6.07, 6.45) is -0.0435. The van der Waals surface area contributed by atoms with Crippen LogP contribution >= 0.6 is 0 Å². The van der Waals surface area contributed by atoms with Crippen LogP contribution in [0.2, 0.25) is 0 Å². The Hall–Kier alpha value is -4.57. The Labute approximate surface area is 227 Å². The third-order valence-electron chi connectivity index (χ3n) is 6.41. The number of para-hydroxylation sites is 1. The van der Waals surface area contributed by atoms with Crippen LogP contribution in [0.3, 0.4) is 0 Å². The third-order valence-corrected chi connectivity index (χ3v) is 7.90. The fourth-order valence-corrected chi connectivity index (χ4v) is 5.57. The molecule has 0 unspecified atom stereocenters. The first-order chi connectivity index (χ1) is 18.7. The zero-order chi connectivity index (χ0) is 28.0. The Kier molecular flexibility index (Phi) is 8.36. The van der Waals surface area contributed by atoms with E-state index < -0.39 is 22.0 Å². The van der Waals surface area contributed by atoms with Crippen LogP contribution in [0.4, 0.5) is 0 Å². The summed E-state index contributed by atoms with van der Waals surface area (Å²) in [4.78, 5) is 12.2. The van der Waals surface area contributed by atoms with Crippen molar-refractivity contribution in [1.29, 1.82) is 5.26 Å². The van der Waals surface area contributed by atoms with Gasteiger partial charge < -0.3 is 14.4 Å². The Morgan fingerprint density at radius 2 is 1.77 bits per heavy atom. The van der Waals surface area contributed by atoms with Gasteiger partial charge in [0.1, 0.15) is 18.4 Å². The minimum atomic E-state index is -4.13. The molecule has 2 N–H and O–H groups in total. The molecule has 0 saturated heterocycles. The zero-order valence-corrected chi connectivity index (χ0v) is 22.3. The van der Waals surface area contributed by atoms with Gasteiger partial charge in [0.2, 0.25) is 10.0 Å². The van der Waals surface area contributed by atoms with E-state index in [-0.39, 0.29) is 17.9 Å². The summed E-state index contributed by atoms with van der Waals surface area (Å²) < 4.78 is 36.0. The second kappa shape index (κ2) is 11.9. The first kappa shape index (κ1) is 27.5. The molecular weight excluding hydrogens is 514 g/mol. The summed E-state index contributed by atoms with van der Waals surface area (Å²) in [5.41, 5.74) is 4.04. The Morgan fingerprint density at radius 3 is 2.41 bits per heavy atom. The smallest absolute Gasteiger partial charge is 0.322 e. The predicted molar refractivity (Wildman–Crippen MR) is 148 cm³/mol. The van der Waals surface area contributed by atoms with Crippen molar-refractivity contribution in [3.8, 4) is 23.7 Å². The van der Waals surface area contributed by atoms with Gasteiger partial charge in [-0.15, -0.1) is 5.92 Å². The summed E-state index contributed by atoms with van der Waals surface area (Å²) in [5, 5.41) is 19.9. The molecule has 1 heterocycles. The molecule has 0 fully saturated rings. The first-order valence-electron chi connectivity index (χ1n) is 12.2. The summed E-state index contributed by atoms with van der Waals surface area (Å²) in [6, 6.07) is 21.4. The van der Waals surface area contributed by atoms with Crippen LogP contribution in [-0.4, -0.2) is 36.7 Å². The maximum Gasteiger partial charge on any atom is 0.322 e. The number of nitrogens with one attached hydrogen (secondary N) is 1. The Bertz CT molecular complexity index is 1710. The zero-order valence-electron chi connectivity index (χ0n) is 21.5. The van der Waals surface area contributed by atoms with E-state index in [4.69, 9.17) is 10.00 Å². The quantitative estimate of drug-likeness (QED) is 0.290. The maximum atomic E-state index is 13.1. The molecule has 4 aromatic rings. The number of aromatic nitrogens is 1. The van der Waals surface area contributed by atoms with Crippen LogP contribution in [0, 0.1) is 30.1 Å². The van der Waals surface area contributed by atoms with Crippen LogP contribution in [0.25, 0.3) is 10.9 Å². The first-order valence-corrected chi connectivity index (χ1v) is 13.6. The van der Waals surface area contributed by atoms with Gasteiger partial charge >= 0.3 is 5.97 Å². The number of hydrogen-bond acceptors (Lipinski definition) is 5. The highest BCUT2D eigenvalue weighted by Gasteiger charge is 2.28. The lowest BCUT2D eigenvalue weighted by Crippen LogP contribution is -2.42. The van der Waals surface area contributed by atoms with Crippen molar-refractivity contribution in [2.75, 3.05) is 6.61 Å². The van der Waals surface area contributed by atoms with Crippen molar-refractivity contribution < 1.29 is 23.1 Å². The van der Waals surface area contributed by atoms with Gasteiger partial charge in [-0.2, -0.15) is 9.98 Å². The number of nitrogens with zero attached hydrogens (tertiary/aromatic N) is 2. The fraction of sp³-hybridized carbons (Fsp3) is 0.200. The van der Waals surface area contributed by atoms with E-state index in [1.165, 1.54) is 24.3 Å². The van der Waals surface area contributed by atoms with Crippen molar-refractivity contribution in [1.82, 2.24) is 9.29 Å². The van der Waals surface area contributed by atoms with Gasteiger partial charge in [-0.05, 0) is 67.4 Å². The molecule has 0 saturated carbocycles. The van der Waals surface area contributed by atoms with Gasteiger partial charge in [-0.25, -0.2) is 8.42 Å². The Balaban J connectivity index is 1.61. The molecule has 0 aliphatic rings. The third kappa shape index (κ3) is 6.29. The molecule has 1 atom stereocenters. The molecule has 3 aromatic carbocycles. The van der Waals surface area contributed by atoms with Gasteiger partial charge in [0.25, 0.3) is 0 Å². The van der Waals surface area contributed by atoms with E-state index in [0.717, 1.165) is 27.7 Å². The molecule has 0 bridgehead atoms. The molecule has 0 aliphatic carbocycles. The summed E-state index contributed by atoms with van der Waals surface area (Å²) in [7, 11) is -4.13. The number of nitriles is 1. The second-order valence-electron chi connectivity index (χ2n) is 8.88. The molecule has 4 rings (SSSR count). The number of benzene rings is 3.